The molecule has 198 valence electrons. The number of carbonyl (C=O) groups is 2. The smallest absolute Gasteiger partial charge is 0.349 e. The van der Waals surface area contributed by atoms with E-state index in [1.165, 1.54) is 11.8 Å². The van der Waals surface area contributed by atoms with Crippen molar-refractivity contribution in [1.82, 2.24) is 0 Å². The summed E-state index contributed by atoms with van der Waals surface area (Å²) < 4.78 is 6.28. The molecule has 1 aliphatic carbocycles. The van der Waals surface area contributed by atoms with Crippen LogP contribution >= 0.6 is 11.8 Å². The number of thioether (sulfide) groups is 1. The lowest BCUT2D eigenvalue weighted by molar-refractivity contribution is -0.166. The fraction of sp³-hybridized carbons (Fsp3) is 0.467. The summed E-state index contributed by atoms with van der Waals surface area (Å²) in [6.45, 7) is 7.93. The van der Waals surface area contributed by atoms with Crippen LogP contribution in [-0.4, -0.2) is 27.7 Å². The number of aromatic hydroxyl groups is 1. The number of esters is 1. The molecule has 0 spiro atoms. The number of ether oxygens (including phenoxy) is 1. The van der Waals surface area contributed by atoms with Crippen LogP contribution in [0.5, 0.6) is 5.75 Å². The highest BCUT2D eigenvalue weighted by atomic mass is 32.2. The maximum absolute atomic E-state index is 13.5. The quantitative estimate of drug-likeness (QED) is 0.359. The summed E-state index contributed by atoms with van der Waals surface area (Å²) in [6, 6.07) is 10.7. The highest BCUT2D eigenvalue weighted by Crippen LogP contribution is 2.49. The molecule has 2 aromatic carbocycles. The molecule has 1 saturated carbocycles. The highest BCUT2D eigenvalue weighted by Gasteiger charge is 2.48. The Morgan fingerprint density at radius 3 is 2.35 bits per heavy atom. The normalized spacial score (nSPS) is 20.8. The van der Waals surface area contributed by atoms with Crippen molar-refractivity contribution in [3.05, 3.63) is 69.3 Å². The van der Waals surface area contributed by atoms with Crippen molar-refractivity contribution < 1.29 is 24.5 Å². The van der Waals surface area contributed by atoms with Gasteiger partial charge in [0.05, 0.1) is 0 Å². The molecule has 0 bridgehead atoms. The molecule has 7 heteroatoms. The largest absolute Gasteiger partial charge is 0.511 e. The Morgan fingerprint density at radius 2 is 1.78 bits per heavy atom. The molecule has 1 aliphatic heterocycles. The molecule has 37 heavy (non-hydrogen) atoms. The number of nitrogens with two attached hydrogens (primary N) is 1. The first-order valence-corrected chi connectivity index (χ1v) is 13.8. The zero-order valence-corrected chi connectivity index (χ0v) is 22.9. The van der Waals surface area contributed by atoms with Gasteiger partial charge in [0, 0.05) is 16.9 Å². The summed E-state index contributed by atoms with van der Waals surface area (Å²) in [5.41, 5.74) is 7.63. The highest BCUT2D eigenvalue weighted by molar-refractivity contribution is 8.04. The van der Waals surface area contributed by atoms with Crippen LogP contribution in [0, 0.1) is 12.8 Å². The number of primary amides is 1. The minimum absolute atomic E-state index is 0.0651. The number of cyclic esters (lactones) is 1. The van der Waals surface area contributed by atoms with E-state index in [1.54, 1.807) is 18.2 Å². The molecule has 0 aromatic heterocycles. The summed E-state index contributed by atoms with van der Waals surface area (Å²) in [6.07, 6.45) is 5.71. The molecule has 1 fully saturated rings. The zero-order valence-electron chi connectivity index (χ0n) is 22.1. The van der Waals surface area contributed by atoms with Crippen LogP contribution in [0.1, 0.15) is 86.3 Å². The van der Waals surface area contributed by atoms with E-state index < -0.39 is 17.5 Å². The first-order valence-electron chi connectivity index (χ1n) is 13.0. The van der Waals surface area contributed by atoms with Crippen molar-refractivity contribution in [3.8, 4) is 5.75 Å². The third kappa shape index (κ3) is 5.82. The van der Waals surface area contributed by atoms with Crippen molar-refractivity contribution in [2.75, 3.05) is 0 Å². The zero-order chi connectivity index (χ0) is 27.0. The number of rotatable bonds is 7. The Hall–Kier alpha value is -2.93. The maximum atomic E-state index is 13.5. The van der Waals surface area contributed by atoms with Gasteiger partial charge in [0.25, 0.3) is 0 Å². The molecule has 1 unspecified atom stereocenters. The second kappa shape index (κ2) is 10.4. The first kappa shape index (κ1) is 27.1. The van der Waals surface area contributed by atoms with Crippen LogP contribution in [0.3, 0.4) is 0 Å². The summed E-state index contributed by atoms with van der Waals surface area (Å²) >= 11 is 1.20. The van der Waals surface area contributed by atoms with Gasteiger partial charge in [0.15, 0.2) is 0 Å². The van der Waals surface area contributed by atoms with Gasteiger partial charge in [-0.15, -0.1) is 0 Å². The second-order valence-electron chi connectivity index (χ2n) is 11.4. The topological polar surface area (TPSA) is 110 Å². The fourth-order valence-electron chi connectivity index (χ4n) is 5.62. The number of phenols is 1. The molecular weight excluding hydrogens is 486 g/mol. The van der Waals surface area contributed by atoms with Gasteiger partial charge in [-0.3, -0.25) is 4.79 Å². The fourth-order valence-corrected chi connectivity index (χ4v) is 6.86. The Balaban J connectivity index is 1.66. The van der Waals surface area contributed by atoms with E-state index in [0.29, 0.717) is 18.4 Å². The van der Waals surface area contributed by atoms with Gasteiger partial charge in [-0.25, -0.2) is 4.79 Å². The van der Waals surface area contributed by atoms with Crippen LogP contribution in [-0.2, 0) is 21.4 Å². The summed E-state index contributed by atoms with van der Waals surface area (Å²) in [4.78, 5) is 26.5. The van der Waals surface area contributed by atoms with E-state index >= 15 is 0 Å². The second-order valence-corrected chi connectivity index (χ2v) is 12.5. The first-order chi connectivity index (χ1) is 17.4. The number of aliphatic hydroxyl groups excluding tert-OH is 1. The standard InChI is InChI=1S/C30H37NO5S/c1-18-15-25(23(29(2,3)4)16-22(18)27(31)34)37-26-24(33)17-30(36-28(26)35,20-7-5-6-8-20)14-13-19-9-11-21(32)12-10-19/h9-12,15-16,20,32-33H,5-8,13-14,17H2,1-4H3,(H2,31,34). The summed E-state index contributed by atoms with van der Waals surface area (Å²) in [5, 5.41) is 20.9. The molecule has 2 aromatic rings. The van der Waals surface area contributed by atoms with Crippen molar-refractivity contribution in [3.63, 3.8) is 0 Å². The molecule has 1 heterocycles. The molecule has 4 N–H and O–H groups in total. The lowest BCUT2D eigenvalue weighted by atomic mass is 9.77. The minimum atomic E-state index is -0.752. The molecule has 2 aliphatic rings. The number of carbonyl (C=O) groups excluding carboxylic acids is 2. The molecule has 0 radical (unpaired) electrons. The van der Waals surface area contributed by atoms with Gasteiger partial charge in [0.1, 0.15) is 22.0 Å². The number of aryl methyl sites for hydroxylation is 2. The van der Waals surface area contributed by atoms with Crippen molar-refractivity contribution in [2.24, 2.45) is 11.7 Å². The van der Waals surface area contributed by atoms with E-state index in [0.717, 1.165) is 47.3 Å². The Labute approximate surface area is 223 Å². The van der Waals surface area contributed by atoms with Crippen LogP contribution in [0.4, 0.5) is 0 Å². The number of amides is 1. The van der Waals surface area contributed by atoms with Gasteiger partial charge in [-0.2, -0.15) is 0 Å². The van der Waals surface area contributed by atoms with Crippen LogP contribution in [0.15, 0.2) is 52.0 Å². The average molecular weight is 524 g/mol. The molecule has 1 atom stereocenters. The molecule has 1 amide bonds. The molecular formula is C30H37NO5S. The molecule has 0 saturated heterocycles. The monoisotopic (exact) mass is 523 g/mol. The minimum Gasteiger partial charge on any atom is -0.511 e. The van der Waals surface area contributed by atoms with Gasteiger partial charge >= 0.3 is 5.97 Å². The van der Waals surface area contributed by atoms with Crippen LogP contribution in [0.2, 0.25) is 0 Å². The van der Waals surface area contributed by atoms with Gasteiger partial charge in [-0.1, -0.05) is 57.5 Å². The van der Waals surface area contributed by atoms with Crippen molar-refractivity contribution >= 4 is 23.6 Å². The number of phenolic OH excluding ortho intramolecular Hbond substituents is 1. The lowest BCUT2D eigenvalue weighted by Crippen LogP contribution is -2.45. The van der Waals surface area contributed by atoms with Gasteiger partial charge < -0.3 is 20.7 Å². The van der Waals surface area contributed by atoms with Crippen molar-refractivity contribution in [1.29, 1.82) is 0 Å². The number of hydrogen-bond donors (Lipinski definition) is 3. The predicted molar refractivity (Wildman–Crippen MR) is 146 cm³/mol. The van der Waals surface area contributed by atoms with E-state index in [2.05, 4.69) is 0 Å². The Bertz CT molecular complexity index is 1220. The molecule has 6 nitrogen and oxygen atoms in total. The van der Waals surface area contributed by atoms with E-state index in [1.807, 2.05) is 45.9 Å². The van der Waals surface area contributed by atoms with Gasteiger partial charge in [-0.05, 0) is 84.9 Å². The van der Waals surface area contributed by atoms with E-state index in [4.69, 9.17) is 10.5 Å². The van der Waals surface area contributed by atoms with E-state index in [-0.39, 0.29) is 34.2 Å². The average Bonchev–Trinajstić information content (AvgIpc) is 3.36. The number of aliphatic hydroxyl groups is 1. The number of benzene rings is 2. The Kier molecular flexibility index (Phi) is 7.65. The third-order valence-electron chi connectivity index (χ3n) is 7.69. The summed E-state index contributed by atoms with van der Waals surface area (Å²) in [5.74, 6) is -0.509. The number of hydrogen-bond acceptors (Lipinski definition) is 6. The maximum Gasteiger partial charge on any atom is 0.349 e. The van der Waals surface area contributed by atoms with Crippen LogP contribution < -0.4 is 5.73 Å². The van der Waals surface area contributed by atoms with Crippen LogP contribution in [0.25, 0.3) is 0 Å². The SMILES string of the molecule is Cc1cc(SC2=C(O)CC(CCc3ccc(O)cc3)(C3CCCC3)OC2=O)c(C(C)(C)C)cc1C(N)=O. The lowest BCUT2D eigenvalue weighted by Gasteiger charge is -2.41. The predicted octanol–water partition coefficient (Wildman–Crippen LogP) is 6.47. The third-order valence-corrected chi connectivity index (χ3v) is 8.86. The Morgan fingerprint density at radius 1 is 1.14 bits per heavy atom. The van der Waals surface area contributed by atoms with Crippen molar-refractivity contribution in [2.45, 2.75) is 88.6 Å². The van der Waals surface area contributed by atoms with Gasteiger partial charge in [0.2, 0.25) is 5.91 Å². The van der Waals surface area contributed by atoms with E-state index in [9.17, 15) is 19.8 Å². The molecule has 4 rings (SSSR count). The summed E-state index contributed by atoms with van der Waals surface area (Å²) in [7, 11) is 0.